The molecule has 0 unspecified atom stereocenters. The highest BCUT2D eigenvalue weighted by atomic mass is 16.5. The Labute approximate surface area is 160 Å². The summed E-state index contributed by atoms with van der Waals surface area (Å²) in [5, 5.41) is 0. The number of piperidine rings is 1. The molecule has 1 aliphatic rings. The highest BCUT2D eigenvalue weighted by Gasteiger charge is 2.16. The molecule has 6 heteroatoms. The molecule has 0 bridgehead atoms. The summed E-state index contributed by atoms with van der Waals surface area (Å²) in [5.41, 5.74) is 0. The summed E-state index contributed by atoms with van der Waals surface area (Å²) in [4.78, 5) is 13.6. The lowest BCUT2D eigenvalue weighted by atomic mass is 10.1. The van der Waals surface area contributed by atoms with Gasteiger partial charge in [0.15, 0.2) is 0 Å². The Kier molecular flexibility index (Phi) is 7.16. The molecule has 0 atom stereocenters. The maximum atomic E-state index is 12.1. The molecule has 1 aromatic heterocycles. The van der Waals surface area contributed by atoms with Crippen LogP contribution in [0, 0.1) is 0 Å². The molecule has 27 heavy (non-hydrogen) atoms. The van der Waals surface area contributed by atoms with Gasteiger partial charge >= 0.3 is 5.97 Å². The van der Waals surface area contributed by atoms with Crippen molar-refractivity contribution in [2.45, 2.75) is 32.8 Å². The topological polar surface area (TPSA) is 62.3 Å². The van der Waals surface area contributed by atoms with E-state index in [1.54, 1.807) is 12.1 Å². The summed E-state index contributed by atoms with van der Waals surface area (Å²) in [6.45, 7) is 6.45. The zero-order valence-electron chi connectivity index (χ0n) is 15.9. The lowest BCUT2D eigenvalue weighted by Gasteiger charge is -2.22. The van der Waals surface area contributed by atoms with Gasteiger partial charge in [0.2, 0.25) is 5.76 Å². The monoisotopic (exact) mass is 374 g/mol. The number of benzene rings is 1. The van der Waals surface area contributed by atoms with E-state index in [-0.39, 0.29) is 12.4 Å². The van der Waals surface area contributed by atoms with Crippen molar-refractivity contribution >= 4 is 5.97 Å². The van der Waals surface area contributed by atoms with E-state index in [1.807, 2.05) is 31.2 Å². The van der Waals surface area contributed by atoms with Crippen LogP contribution in [0.25, 0.3) is 0 Å². The first-order valence-corrected chi connectivity index (χ1v) is 9.69. The second kappa shape index (κ2) is 10.0. The maximum absolute atomic E-state index is 12.1. The third-order valence-electron chi connectivity index (χ3n) is 4.63. The minimum absolute atomic E-state index is 0.217. The Hall–Kier alpha value is -2.47. The lowest BCUT2D eigenvalue weighted by Crippen LogP contribution is -3.13. The molecule has 146 valence electrons. The molecule has 0 saturated carbocycles. The highest BCUT2D eigenvalue weighted by Crippen LogP contribution is 2.19. The van der Waals surface area contributed by atoms with Gasteiger partial charge in [0.05, 0.1) is 19.7 Å². The first-order chi connectivity index (χ1) is 13.2. The Balaban J connectivity index is 1.41. The number of ether oxygens (including phenoxy) is 3. The second-order valence-electron chi connectivity index (χ2n) is 6.66. The van der Waals surface area contributed by atoms with E-state index in [4.69, 9.17) is 18.6 Å². The Morgan fingerprint density at radius 3 is 2.41 bits per heavy atom. The summed E-state index contributed by atoms with van der Waals surface area (Å²) < 4.78 is 21.9. The fourth-order valence-electron chi connectivity index (χ4n) is 3.18. The SMILES string of the molecule is CCOc1ccc(OCc2ccc(C(=O)OCC[NH+]3CCCCC3)o2)cc1. The van der Waals surface area contributed by atoms with Crippen LogP contribution in [0.4, 0.5) is 0 Å². The molecule has 0 radical (unpaired) electrons. The molecule has 0 aliphatic carbocycles. The van der Waals surface area contributed by atoms with E-state index < -0.39 is 5.97 Å². The lowest BCUT2D eigenvalue weighted by molar-refractivity contribution is -0.905. The van der Waals surface area contributed by atoms with Crippen molar-refractivity contribution in [2.75, 3.05) is 32.8 Å². The molecule has 6 nitrogen and oxygen atoms in total. The molecule has 1 N–H and O–H groups in total. The van der Waals surface area contributed by atoms with Gasteiger partial charge in [0, 0.05) is 0 Å². The standard InChI is InChI=1S/C21H27NO5/c1-2-24-17-6-8-18(9-7-17)26-16-19-10-11-20(27-19)21(23)25-15-14-22-12-4-3-5-13-22/h6-11H,2-5,12-16H2,1H3/p+1. The average molecular weight is 374 g/mol. The van der Waals surface area contributed by atoms with Crippen LogP contribution < -0.4 is 14.4 Å². The fraction of sp³-hybridized carbons (Fsp3) is 0.476. The molecular weight excluding hydrogens is 346 g/mol. The van der Waals surface area contributed by atoms with Gasteiger partial charge in [-0.3, -0.25) is 0 Å². The number of furan rings is 1. The highest BCUT2D eigenvalue weighted by molar-refractivity contribution is 5.86. The van der Waals surface area contributed by atoms with E-state index in [1.165, 1.54) is 37.3 Å². The molecule has 1 aromatic carbocycles. The first-order valence-electron chi connectivity index (χ1n) is 9.69. The van der Waals surface area contributed by atoms with Crippen LogP contribution in [0.15, 0.2) is 40.8 Å². The number of hydrogen-bond donors (Lipinski definition) is 1. The van der Waals surface area contributed by atoms with Crippen LogP contribution in [0.5, 0.6) is 11.5 Å². The Bertz CT molecular complexity index is 704. The summed E-state index contributed by atoms with van der Waals surface area (Å²) in [6.07, 6.45) is 3.84. The molecule has 0 spiro atoms. The second-order valence-corrected chi connectivity index (χ2v) is 6.66. The number of likely N-dealkylation sites (tertiary alicyclic amines) is 1. The minimum Gasteiger partial charge on any atom is -0.494 e. The summed E-state index contributed by atoms with van der Waals surface area (Å²) >= 11 is 0. The number of quaternary nitrogens is 1. The number of carbonyl (C=O) groups is 1. The van der Waals surface area contributed by atoms with Crippen molar-refractivity contribution in [3.8, 4) is 11.5 Å². The molecule has 2 aromatic rings. The fourth-order valence-corrected chi connectivity index (χ4v) is 3.18. The van der Waals surface area contributed by atoms with Gasteiger partial charge in [0.25, 0.3) is 0 Å². The van der Waals surface area contributed by atoms with Crippen LogP contribution in [0.1, 0.15) is 42.5 Å². The third kappa shape index (κ3) is 6.03. The van der Waals surface area contributed by atoms with E-state index >= 15 is 0 Å². The van der Waals surface area contributed by atoms with Crippen molar-refractivity contribution in [1.82, 2.24) is 0 Å². The largest absolute Gasteiger partial charge is 0.494 e. The van der Waals surface area contributed by atoms with E-state index in [0.29, 0.717) is 24.7 Å². The summed E-state index contributed by atoms with van der Waals surface area (Å²) in [6, 6.07) is 10.8. The number of rotatable bonds is 9. The quantitative estimate of drug-likeness (QED) is 0.684. The van der Waals surface area contributed by atoms with Gasteiger partial charge in [-0.25, -0.2) is 4.79 Å². The predicted octanol–water partition coefficient (Wildman–Crippen LogP) is 2.48. The van der Waals surface area contributed by atoms with E-state index in [2.05, 4.69) is 0 Å². The smallest absolute Gasteiger partial charge is 0.374 e. The summed E-state index contributed by atoms with van der Waals surface area (Å²) in [5.74, 6) is 1.90. The normalized spacial score (nSPS) is 14.7. The molecule has 1 fully saturated rings. The maximum Gasteiger partial charge on any atom is 0.374 e. The minimum atomic E-state index is -0.418. The molecule has 3 rings (SSSR count). The van der Waals surface area contributed by atoms with Gasteiger partial charge in [0.1, 0.15) is 37.0 Å². The number of carbonyl (C=O) groups excluding carboxylic acids is 1. The number of nitrogens with one attached hydrogen (secondary N) is 1. The van der Waals surface area contributed by atoms with E-state index in [0.717, 1.165) is 12.3 Å². The van der Waals surface area contributed by atoms with Crippen molar-refractivity contribution in [3.05, 3.63) is 47.9 Å². The zero-order valence-corrected chi connectivity index (χ0v) is 15.9. The van der Waals surface area contributed by atoms with Gasteiger partial charge in [-0.15, -0.1) is 0 Å². The Morgan fingerprint density at radius 2 is 1.70 bits per heavy atom. The van der Waals surface area contributed by atoms with Gasteiger partial charge in [-0.1, -0.05) is 0 Å². The van der Waals surface area contributed by atoms with Crippen molar-refractivity contribution in [3.63, 3.8) is 0 Å². The molecule has 1 saturated heterocycles. The zero-order chi connectivity index (χ0) is 18.9. The van der Waals surface area contributed by atoms with E-state index in [9.17, 15) is 4.79 Å². The number of hydrogen-bond acceptors (Lipinski definition) is 5. The average Bonchev–Trinajstić information content (AvgIpc) is 3.18. The molecular formula is C21H28NO5+. The first kappa shape index (κ1) is 19.3. The van der Waals surface area contributed by atoms with Gasteiger partial charge < -0.3 is 23.5 Å². The molecule has 2 heterocycles. The van der Waals surface area contributed by atoms with Crippen LogP contribution in [0.3, 0.4) is 0 Å². The number of esters is 1. The van der Waals surface area contributed by atoms with Crippen molar-refractivity contribution in [1.29, 1.82) is 0 Å². The van der Waals surface area contributed by atoms with Gasteiger partial charge in [-0.2, -0.15) is 0 Å². The Morgan fingerprint density at radius 1 is 1.00 bits per heavy atom. The third-order valence-corrected chi connectivity index (χ3v) is 4.63. The van der Waals surface area contributed by atoms with Crippen molar-refractivity contribution < 1.29 is 28.3 Å². The molecule has 0 amide bonds. The van der Waals surface area contributed by atoms with Gasteiger partial charge in [-0.05, 0) is 62.6 Å². The molecule has 1 aliphatic heterocycles. The van der Waals surface area contributed by atoms with Crippen LogP contribution >= 0.6 is 0 Å². The van der Waals surface area contributed by atoms with Crippen molar-refractivity contribution in [2.24, 2.45) is 0 Å². The predicted molar refractivity (Wildman–Crippen MR) is 100 cm³/mol. The van der Waals surface area contributed by atoms with Crippen LogP contribution in [-0.4, -0.2) is 38.8 Å². The van der Waals surface area contributed by atoms with Crippen LogP contribution in [0.2, 0.25) is 0 Å². The summed E-state index contributed by atoms with van der Waals surface area (Å²) in [7, 11) is 0. The van der Waals surface area contributed by atoms with Crippen LogP contribution in [-0.2, 0) is 11.3 Å².